The molecule has 1 aromatic rings. The molecule has 2 aliphatic rings. The summed E-state index contributed by atoms with van der Waals surface area (Å²) in [6, 6.07) is 14.0. The Morgan fingerprint density at radius 2 is 1.96 bits per heavy atom. The van der Waals surface area contributed by atoms with Gasteiger partial charge in [-0.3, -0.25) is 0 Å². The fourth-order valence-electron chi connectivity index (χ4n) is 4.25. The van der Waals surface area contributed by atoms with Crippen LogP contribution >= 0.6 is 0 Å². The van der Waals surface area contributed by atoms with E-state index in [1.54, 1.807) is 7.11 Å². The van der Waals surface area contributed by atoms with Crippen molar-refractivity contribution < 1.29 is 4.74 Å². The van der Waals surface area contributed by atoms with Crippen molar-refractivity contribution in [2.24, 2.45) is 23.0 Å². The van der Waals surface area contributed by atoms with Crippen LogP contribution in [0, 0.1) is 51.2 Å². The molecule has 5 heteroatoms. The monoisotopic (exact) mass is 344 g/mol. The molecule has 0 heterocycles. The smallest absolute Gasteiger partial charge is 0.204 e. The lowest BCUT2D eigenvalue weighted by Gasteiger charge is -2.43. The minimum Gasteiger partial charge on any atom is -0.497 e. The maximum absolute atomic E-state index is 9.84. The molecule has 0 aromatic heterocycles. The summed E-state index contributed by atoms with van der Waals surface area (Å²) >= 11 is 0. The molecule has 0 radical (unpaired) electrons. The minimum absolute atomic E-state index is 0.0647. The van der Waals surface area contributed by atoms with Gasteiger partial charge in [0.05, 0.1) is 36.6 Å². The van der Waals surface area contributed by atoms with Crippen LogP contribution in [0.25, 0.3) is 0 Å². The van der Waals surface area contributed by atoms with E-state index in [4.69, 9.17) is 10.5 Å². The highest BCUT2D eigenvalue weighted by molar-refractivity contribution is 5.58. The standard InChI is InChI=1S/C21H20N4O/c1-13-6-7-18-16(8-13)19(14-4-3-5-15(9-14)26-2)17(10-22)20(25)21(18,11-23)12-24/h3-5,7,9,13,16,19H,6,8,25H2,1-2H3/t13?,16-,19+/m1/s1. The maximum Gasteiger partial charge on any atom is 0.204 e. The van der Waals surface area contributed by atoms with Crippen molar-refractivity contribution in [1.29, 1.82) is 15.8 Å². The Bertz CT molecular complexity index is 909. The van der Waals surface area contributed by atoms with Gasteiger partial charge >= 0.3 is 0 Å². The molecule has 0 fully saturated rings. The van der Waals surface area contributed by atoms with Gasteiger partial charge in [0.25, 0.3) is 0 Å². The van der Waals surface area contributed by atoms with Crippen molar-refractivity contribution in [1.82, 2.24) is 0 Å². The first kappa shape index (κ1) is 17.6. The fraction of sp³-hybridized carbons (Fsp3) is 0.381. The lowest BCUT2D eigenvalue weighted by Crippen LogP contribution is -2.41. The van der Waals surface area contributed by atoms with Crippen molar-refractivity contribution in [2.75, 3.05) is 7.11 Å². The van der Waals surface area contributed by atoms with Crippen molar-refractivity contribution in [3.63, 3.8) is 0 Å². The Kier molecular flexibility index (Phi) is 4.45. The minimum atomic E-state index is -1.55. The first-order chi connectivity index (χ1) is 12.5. The topological polar surface area (TPSA) is 107 Å². The van der Waals surface area contributed by atoms with Crippen LogP contribution in [-0.2, 0) is 0 Å². The van der Waals surface area contributed by atoms with Gasteiger partial charge in [-0.2, -0.15) is 15.8 Å². The number of methoxy groups -OCH3 is 1. The number of fused-ring (bicyclic) bond motifs is 1. The Balaban J connectivity index is 2.30. The van der Waals surface area contributed by atoms with Gasteiger partial charge in [0, 0.05) is 5.92 Å². The first-order valence-electron chi connectivity index (χ1n) is 8.59. The van der Waals surface area contributed by atoms with E-state index in [1.165, 1.54) is 0 Å². The van der Waals surface area contributed by atoms with Crippen LogP contribution in [0.2, 0.25) is 0 Å². The number of benzene rings is 1. The molecule has 1 aromatic carbocycles. The summed E-state index contributed by atoms with van der Waals surface area (Å²) in [5.74, 6) is 0.724. The molecule has 0 amide bonds. The molecule has 0 aliphatic heterocycles. The van der Waals surface area contributed by atoms with Crippen LogP contribution in [0.4, 0.5) is 0 Å². The van der Waals surface area contributed by atoms with Crippen molar-refractivity contribution >= 4 is 0 Å². The lowest BCUT2D eigenvalue weighted by atomic mass is 9.57. The molecule has 26 heavy (non-hydrogen) atoms. The Morgan fingerprint density at radius 1 is 1.23 bits per heavy atom. The molecule has 0 saturated carbocycles. The lowest BCUT2D eigenvalue weighted by molar-refractivity contribution is 0.333. The van der Waals surface area contributed by atoms with Gasteiger partial charge in [0.2, 0.25) is 5.41 Å². The second kappa shape index (κ2) is 6.58. The maximum atomic E-state index is 9.84. The van der Waals surface area contributed by atoms with Crippen LogP contribution in [0.1, 0.15) is 31.2 Å². The second-order valence-corrected chi connectivity index (χ2v) is 7.01. The molecule has 1 unspecified atom stereocenters. The van der Waals surface area contributed by atoms with Crippen LogP contribution in [0.15, 0.2) is 47.2 Å². The second-order valence-electron chi connectivity index (χ2n) is 7.01. The number of rotatable bonds is 2. The van der Waals surface area contributed by atoms with E-state index in [0.717, 1.165) is 24.0 Å². The van der Waals surface area contributed by atoms with Crippen LogP contribution in [-0.4, -0.2) is 7.11 Å². The molecule has 3 rings (SSSR count). The summed E-state index contributed by atoms with van der Waals surface area (Å²) < 4.78 is 5.33. The molecule has 2 N–H and O–H groups in total. The molecule has 2 aliphatic carbocycles. The third-order valence-electron chi connectivity index (χ3n) is 5.55. The predicted molar refractivity (Wildman–Crippen MR) is 96.2 cm³/mol. The molecular formula is C21H20N4O. The molecular weight excluding hydrogens is 324 g/mol. The molecule has 5 nitrogen and oxygen atoms in total. The number of allylic oxidation sites excluding steroid dienone is 3. The predicted octanol–water partition coefficient (Wildman–Crippen LogP) is 3.53. The molecule has 0 spiro atoms. The van der Waals surface area contributed by atoms with Gasteiger partial charge < -0.3 is 10.5 Å². The Hall–Kier alpha value is -3.23. The van der Waals surface area contributed by atoms with Crippen molar-refractivity contribution in [2.45, 2.75) is 25.7 Å². The summed E-state index contributed by atoms with van der Waals surface area (Å²) in [6.45, 7) is 2.14. The highest BCUT2D eigenvalue weighted by atomic mass is 16.5. The average molecular weight is 344 g/mol. The summed E-state index contributed by atoms with van der Waals surface area (Å²) in [5.41, 5.74) is 6.76. The van der Waals surface area contributed by atoms with E-state index in [2.05, 4.69) is 25.1 Å². The van der Waals surface area contributed by atoms with E-state index < -0.39 is 5.41 Å². The number of nitrogens with zero attached hydrogens (tertiary/aromatic N) is 3. The van der Waals surface area contributed by atoms with Crippen LogP contribution < -0.4 is 10.5 Å². The van der Waals surface area contributed by atoms with Gasteiger partial charge in [-0.25, -0.2) is 0 Å². The summed E-state index contributed by atoms with van der Waals surface area (Å²) in [6.07, 6.45) is 3.59. The number of ether oxygens (including phenoxy) is 1. The summed E-state index contributed by atoms with van der Waals surface area (Å²) in [4.78, 5) is 0. The Morgan fingerprint density at radius 3 is 2.58 bits per heavy atom. The molecule has 0 saturated heterocycles. The Labute approximate surface area is 153 Å². The molecule has 3 atom stereocenters. The fourth-order valence-corrected chi connectivity index (χ4v) is 4.25. The third kappa shape index (κ3) is 2.43. The zero-order chi connectivity index (χ0) is 18.9. The third-order valence-corrected chi connectivity index (χ3v) is 5.55. The van der Waals surface area contributed by atoms with E-state index >= 15 is 0 Å². The van der Waals surface area contributed by atoms with Gasteiger partial charge in [-0.05, 0) is 47.9 Å². The van der Waals surface area contributed by atoms with E-state index in [9.17, 15) is 15.8 Å². The quantitative estimate of drug-likeness (QED) is 0.826. The normalized spacial score (nSPS) is 26.6. The largest absolute Gasteiger partial charge is 0.497 e. The number of hydrogen-bond acceptors (Lipinski definition) is 5. The number of hydrogen-bond donors (Lipinski definition) is 1. The van der Waals surface area contributed by atoms with Crippen molar-refractivity contribution in [3.8, 4) is 24.0 Å². The van der Waals surface area contributed by atoms with E-state index in [-0.39, 0.29) is 17.5 Å². The molecule has 0 bridgehead atoms. The van der Waals surface area contributed by atoms with E-state index in [1.807, 2.05) is 30.3 Å². The van der Waals surface area contributed by atoms with Gasteiger partial charge in [0.1, 0.15) is 5.75 Å². The van der Waals surface area contributed by atoms with Crippen LogP contribution in [0.5, 0.6) is 5.75 Å². The molecule has 130 valence electrons. The van der Waals surface area contributed by atoms with E-state index in [0.29, 0.717) is 17.2 Å². The highest BCUT2D eigenvalue weighted by Gasteiger charge is 2.52. The first-order valence-corrected chi connectivity index (χ1v) is 8.59. The zero-order valence-corrected chi connectivity index (χ0v) is 14.9. The van der Waals surface area contributed by atoms with Crippen molar-refractivity contribution in [3.05, 3.63) is 52.7 Å². The van der Waals surface area contributed by atoms with Crippen LogP contribution in [0.3, 0.4) is 0 Å². The number of nitriles is 3. The zero-order valence-electron chi connectivity index (χ0n) is 14.9. The van der Waals surface area contributed by atoms with Gasteiger partial charge in [0.15, 0.2) is 0 Å². The summed E-state index contributed by atoms with van der Waals surface area (Å²) in [5, 5.41) is 29.5. The number of nitrogens with two attached hydrogens (primary N) is 1. The van der Waals surface area contributed by atoms with Gasteiger partial charge in [-0.15, -0.1) is 0 Å². The van der Waals surface area contributed by atoms with Gasteiger partial charge in [-0.1, -0.05) is 25.1 Å². The average Bonchev–Trinajstić information content (AvgIpc) is 2.67. The highest BCUT2D eigenvalue weighted by Crippen LogP contribution is 2.55. The summed E-state index contributed by atoms with van der Waals surface area (Å²) in [7, 11) is 1.60. The SMILES string of the molecule is COc1cccc([C@@H]2C(C#N)=C(N)C(C#N)(C#N)C3=CCC(C)C[C@H]32)c1.